The van der Waals surface area contributed by atoms with Crippen molar-refractivity contribution >= 4 is 11.8 Å². The second-order valence-corrected chi connectivity index (χ2v) is 12.0. The predicted molar refractivity (Wildman–Crippen MR) is 172 cm³/mol. The summed E-state index contributed by atoms with van der Waals surface area (Å²) in [6.07, 6.45) is 3.80. The number of H-pyrrole nitrogens is 1. The molecular weight excluding hydrogens is 594 g/mol. The molecule has 3 aromatic rings. The molecule has 1 aliphatic rings. The molecule has 0 radical (unpaired) electrons. The number of pyridine rings is 1. The van der Waals surface area contributed by atoms with Crippen LogP contribution in [0.4, 0.5) is 8.78 Å². The van der Waals surface area contributed by atoms with Gasteiger partial charge in [-0.3, -0.25) is 14.4 Å². The van der Waals surface area contributed by atoms with Crippen molar-refractivity contribution in [2.75, 3.05) is 26.7 Å². The molecule has 0 aliphatic heterocycles. The highest BCUT2D eigenvalue weighted by molar-refractivity contribution is 5.98. The average Bonchev–Trinajstić information content (AvgIpc) is 3.52. The first-order valence-corrected chi connectivity index (χ1v) is 15.9. The first-order valence-electron chi connectivity index (χ1n) is 15.9. The molecule has 1 saturated carbocycles. The van der Waals surface area contributed by atoms with E-state index in [1.807, 2.05) is 38.1 Å². The van der Waals surface area contributed by atoms with E-state index in [-0.39, 0.29) is 35.7 Å². The standard InChI is InChI=1S/C35H44F2N4O5/c1-4-13-41(14-5-2)34(45)24-18-30(39-32(43)19-24)33(44)40-29(17-23-15-26(36)21-27(37)16-23)31(42)22-38-35(11-6-7-12-35)25-9-8-10-28(20-25)46-3/h8-10,15-16,18-21,29,31,38,42H,4-7,11-14,17,22H2,1-3H3,(H,39,43)(H,40,44)/t29-,31+/m0/s1. The van der Waals surface area contributed by atoms with Crippen molar-refractivity contribution in [3.05, 3.63) is 99.0 Å². The molecule has 2 aromatic carbocycles. The lowest BCUT2D eigenvalue weighted by molar-refractivity contribution is 0.0755. The number of carbonyl (C=O) groups excluding carboxylic acids is 2. The van der Waals surface area contributed by atoms with Crippen LogP contribution in [0.5, 0.6) is 5.75 Å². The van der Waals surface area contributed by atoms with Crippen LogP contribution in [0.25, 0.3) is 0 Å². The number of nitrogens with one attached hydrogen (secondary N) is 3. The van der Waals surface area contributed by atoms with Crippen LogP contribution < -0.4 is 20.9 Å². The number of aromatic nitrogens is 1. The van der Waals surface area contributed by atoms with E-state index in [1.165, 1.54) is 6.07 Å². The maximum absolute atomic E-state index is 14.1. The minimum absolute atomic E-state index is 0.0536. The van der Waals surface area contributed by atoms with Gasteiger partial charge >= 0.3 is 0 Å². The Hall–Kier alpha value is -4.09. The van der Waals surface area contributed by atoms with Crippen molar-refractivity contribution in [3.8, 4) is 5.75 Å². The van der Waals surface area contributed by atoms with E-state index in [0.717, 1.165) is 68.4 Å². The third-order valence-corrected chi connectivity index (χ3v) is 8.50. The summed E-state index contributed by atoms with van der Waals surface area (Å²) in [6.45, 7) is 4.96. The average molecular weight is 639 g/mol. The van der Waals surface area contributed by atoms with Crippen LogP contribution in [0.3, 0.4) is 0 Å². The highest BCUT2D eigenvalue weighted by atomic mass is 19.1. The number of methoxy groups -OCH3 is 1. The molecule has 248 valence electrons. The summed E-state index contributed by atoms with van der Waals surface area (Å²) in [6, 6.07) is 12.3. The van der Waals surface area contributed by atoms with Gasteiger partial charge in [-0.15, -0.1) is 0 Å². The molecule has 0 unspecified atom stereocenters. The number of rotatable bonds is 15. The number of amides is 2. The molecular formula is C35H44F2N4O5. The fourth-order valence-corrected chi connectivity index (χ4v) is 6.25. The zero-order valence-corrected chi connectivity index (χ0v) is 26.7. The number of carbonyl (C=O) groups is 2. The lowest BCUT2D eigenvalue weighted by Gasteiger charge is -2.34. The van der Waals surface area contributed by atoms with Gasteiger partial charge in [0.15, 0.2) is 0 Å². The molecule has 1 aromatic heterocycles. The smallest absolute Gasteiger partial charge is 0.268 e. The summed E-state index contributed by atoms with van der Waals surface area (Å²) >= 11 is 0. The van der Waals surface area contributed by atoms with Gasteiger partial charge in [-0.05, 0) is 73.6 Å². The van der Waals surface area contributed by atoms with Crippen LogP contribution in [-0.4, -0.2) is 65.7 Å². The first kappa shape index (κ1) is 34.8. The van der Waals surface area contributed by atoms with E-state index in [9.17, 15) is 28.3 Å². The third kappa shape index (κ3) is 8.79. The second-order valence-electron chi connectivity index (χ2n) is 12.0. The molecule has 2 amide bonds. The molecule has 0 spiro atoms. The fourth-order valence-electron chi connectivity index (χ4n) is 6.25. The topological polar surface area (TPSA) is 124 Å². The van der Waals surface area contributed by atoms with E-state index < -0.39 is 40.8 Å². The number of aliphatic hydroxyl groups is 1. The largest absolute Gasteiger partial charge is 0.497 e. The maximum Gasteiger partial charge on any atom is 0.268 e. The van der Waals surface area contributed by atoms with E-state index in [1.54, 1.807) is 12.0 Å². The van der Waals surface area contributed by atoms with Gasteiger partial charge in [-0.1, -0.05) is 38.8 Å². The highest BCUT2D eigenvalue weighted by Crippen LogP contribution is 2.39. The van der Waals surface area contributed by atoms with Crippen LogP contribution in [0, 0.1) is 11.6 Å². The van der Waals surface area contributed by atoms with Gasteiger partial charge < -0.3 is 30.4 Å². The number of aromatic amines is 1. The van der Waals surface area contributed by atoms with E-state index in [0.29, 0.717) is 18.8 Å². The number of aliphatic hydroxyl groups excluding tert-OH is 1. The molecule has 0 saturated heterocycles. The Morgan fingerprint density at radius 3 is 2.33 bits per heavy atom. The fraction of sp³-hybridized carbons (Fsp3) is 0.457. The molecule has 1 heterocycles. The first-order chi connectivity index (χ1) is 22.1. The van der Waals surface area contributed by atoms with Crippen LogP contribution in [-0.2, 0) is 12.0 Å². The highest BCUT2D eigenvalue weighted by Gasteiger charge is 2.37. The van der Waals surface area contributed by atoms with Crippen molar-refractivity contribution < 1.29 is 28.2 Å². The summed E-state index contributed by atoms with van der Waals surface area (Å²) in [4.78, 5) is 43.4. The molecule has 2 atom stereocenters. The van der Waals surface area contributed by atoms with Crippen molar-refractivity contribution in [3.63, 3.8) is 0 Å². The lowest BCUT2D eigenvalue weighted by atomic mass is 9.87. The maximum atomic E-state index is 14.1. The van der Waals surface area contributed by atoms with Crippen LogP contribution >= 0.6 is 0 Å². The van der Waals surface area contributed by atoms with E-state index in [2.05, 4.69) is 15.6 Å². The Morgan fingerprint density at radius 1 is 1.02 bits per heavy atom. The van der Waals surface area contributed by atoms with Gasteiger partial charge in [-0.2, -0.15) is 0 Å². The predicted octanol–water partition coefficient (Wildman–Crippen LogP) is 4.69. The summed E-state index contributed by atoms with van der Waals surface area (Å²) < 4.78 is 33.7. The van der Waals surface area contributed by atoms with E-state index in [4.69, 9.17) is 4.74 Å². The summed E-state index contributed by atoms with van der Waals surface area (Å²) in [7, 11) is 1.60. The van der Waals surface area contributed by atoms with Crippen LogP contribution in [0.1, 0.15) is 84.3 Å². The number of nitrogens with zero attached hydrogens (tertiary/aromatic N) is 1. The number of halogens is 2. The van der Waals surface area contributed by atoms with Crippen molar-refractivity contribution in [2.45, 2.75) is 76.5 Å². The Kier molecular flexibility index (Phi) is 12.1. The number of ether oxygens (including phenoxy) is 1. The van der Waals surface area contributed by atoms with Crippen LogP contribution in [0.2, 0.25) is 0 Å². The van der Waals surface area contributed by atoms with Crippen molar-refractivity contribution in [1.29, 1.82) is 0 Å². The van der Waals surface area contributed by atoms with Crippen molar-refractivity contribution in [2.24, 2.45) is 0 Å². The number of hydrogen-bond donors (Lipinski definition) is 4. The summed E-state index contributed by atoms with van der Waals surface area (Å²) in [5, 5.41) is 17.8. The quantitative estimate of drug-likeness (QED) is 0.192. The minimum Gasteiger partial charge on any atom is -0.497 e. The zero-order valence-electron chi connectivity index (χ0n) is 26.7. The SMILES string of the molecule is CCCN(CCC)C(=O)c1cc(C(=O)N[C@@H](Cc2cc(F)cc(F)c2)[C@H](O)CNC2(c3cccc(OC)c3)CCCC2)[nH]c(=O)c1. The molecule has 11 heteroatoms. The second kappa shape index (κ2) is 16.0. The van der Waals surface area contributed by atoms with Gasteiger partial charge in [-0.25, -0.2) is 8.78 Å². The Morgan fingerprint density at radius 2 is 1.70 bits per heavy atom. The molecule has 9 nitrogen and oxygen atoms in total. The van der Waals surface area contributed by atoms with Gasteiger partial charge in [0.25, 0.3) is 11.8 Å². The zero-order chi connectivity index (χ0) is 33.3. The minimum atomic E-state index is -1.19. The normalized spacial score (nSPS) is 15.3. The van der Waals surface area contributed by atoms with Crippen molar-refractivity contribution in [1.82, 2.24) is 20.5 Å². The van der Waals surface area contributed by atoms with Crippen LogP contribution in [0.15, 0.2) is 59.4 Å². The summed E-state index contributed by atoms with van der Waals surface area (Å²) in [5.41, 5.74) is 0.0984. The van der Waals surface area contributed by atoms with Gasteiger partial charge in [0.2, 0.25) is 5.56 Å². The Bertz CT molecular complexity index is 1530. The molecule has 46 heavy (non-hydrogen) atoms. The Balaban J connectivity index is 1.59. The number of hydrogen-bond acceptors (Lipinski definition) is 6. The molecule has 4 N–H and O–H groups in total. The summed E-state index contributed by atoms with van der Waals surface area (Å²) in [5.74, 6) is -1.95. The molecule has 1 fully saturated rings. The Labute approximate surface area is 268 Å². The van der Waals surface area contributed by atoms with Gasteiger partial charge in [0.05, 0.1) is 19.3 Å². The van der Waals surface area contributed by atoms with Gasteiger partial charge in [0, 0.05) is 42.9 Å². The van der Waals surface area contributed by atoms with Gasteiger partial charge in [0.1, 0.15) is 23.1 Å². The van der Waals surface area contributed by atoms with E-state index >= 15 is 0 Å². The monoisotopic (exact) mass is 638 g/mol. The molecule has 4 rings (SSSR count). The number of benzene rings is 2. The lowest BCUT2D eigenvalue weighted by Crippen LogP contribution is -2.52. The molecule has 0 bridgehead atoms. The molecule has 1 aliphatic carbocycles. The third-order valence-electron chi connectivity index (χ3n) is 8.50.